The SMILES string of the molecule is NC(=O)CC#Cc1ccc(NC(=O)CCCl)cc1. The zero-order chi connectivity index (χ0) is 13.4. The van der Waals surface area contributed by atoms with Gasteiger partial charge in [-0.25, -0.2) is 0 Å². The number of nitrogens with one attached hydrogen (secondary N) is 1. The molecule has 4 nitrogen and oxygen atoms in total. The summed E-state index contributed by atoms with van der Waals surface area (Å²) in [6.45, 7) is 0. The van der Waals surface area contributed by atoms with Crippen molar-refractivity contribution in [1.29, 1.82) is 0 Å². The molecule has 0 saturated heterocycles. The Morgan fingerprint density at radius 2 is 1.94 bits per heavy atom. The van der Waals surface area contributed by atoms with Gasteiger partial charge < -0.3 is 11.1 Å². The van der Waals surface area contributed by atoms with Crippen LogP contribution < -0.4 is 11.1 Å². The maximum absolute atomic E-state index is 11.3. The average molecular weight is 265 g/mol. The van der Waals surface area contributed by atoms with Gasteiger partial charge in [0.1, 0.15) is 0 Å². The molecule has 1 aromatic carbocycles. The maximum Gasteiger partial charge on any atom is 0.229 e. The van der Waals surface area contributed by atoms with Gasteiger partial charge in [0.2, 0.25) is 11.8 Å². The topological polar surface area (TPSA) is 72.2 Å². The molecule has 0 unspecified atom stereocenters. The second kappa shape index (κ2) is 7.36. The molecule has 1 aromatic rings. The van der Waals surface area contributed by atoms with E-state index in [0.717, 1.165) is 5.56 Å². The van der Waals surface area contributed by atoms with Crippen LogP contribution in [0.4, 0.5) is 5.69 Å². The number of hydrogen-bond acceptors (Lipinski definition) is 2. The van der Waals surface area contributed by atoms with Gasteiger partial charge in [-0.1, -0.05) is 11.8 Å². The minimum atomic E-state index is -0.451. The van der Waals surface area contributed by atoms with E-state index in [0.29, 0.717) is 11.6 Å². The summed E-state index contributed by atoms with van der Waals surface area (Å²) in [5.41, 5.74) is 6.41. The Kier molecular flexibility index (Phi) is 5.75. The van der Waals surface area contributed by atoms with Crippen molar-refractivity contribution in [2.24, 2.45) is 5.73 Å². The van der Waals surface area contributed by atoms with Crippen LogP contribution in [0.1, 0.15) is 18.4 Å². The molecule has 0 fully saturated rings. The quantitative estimate of drug-likeness (QED) is 0.639. The third-order valence-electron chi connectivity index (χ3n) is 1.99. The zero-order valence-electron chi connectivity index (χ0n) is 9.70. The molecular weight excluding hydrogens is 252 g/mol. The number of rotatable bonds is 4. The zero-order valence-corrected chi connectivity index (χ0v) is 10.5. The molecule has 0 aliphatic rings. The van der Waals surface area contributed by atoms with Crippen LogP contribution in [0.25, 0.3) is 0 Å². The van der Waals surface area contributed by atoms with Gasteiger partial charge in [0.15, 0.2) is 0 Å². The molecule has 3 N–H and O–H groups in total. The van der Waals surface area contributed by atoms with Crippen LogP contribution in [0.15, 0.2) is 24.3 Å². The number of nitrogens with two attached hydrogens (primary N) is 1. The van der Waals surface area contributed by atoms with Crippen molar-refractivity contribution < 1.29 is 9.59 Å². The van der Waals surface area contributed by atoms with Crippen LogP contribution in [0, 0.1) is 11.8 Å². The summed E-state index contributed by atoms with van der Waals surface area (Å²) in [4.78, 5) is 21.8. The summed E-state index contributed by atoms with van der Waals surface area (Å²) in [7, 11) is 0. The van der Waals surface area contributed by atoms with Crippen molar-refractivity contribution in [2.75, 3.05) is 11.2 Å². The maximum atomic E-state index is 11.3. The molecule has 5 heteroatoms. The molecule has 0 heterocycles. The molecule has 1 rings (SSSR count). The number of anilines is 1. The Morgan fingerprint density at radius 3 is 2.50 bits per heavy atom. The fraction of sp³-hybridized carbons (Fsp3) is 0.231. The molecule has 18 heavy (non-hydrogen) atoms. The van der Waals surface area contributed by atoms with Gasteiger partial charge in [0, 0.05) is 23.6 Å². The first-order chi connectivity index (χ1) is 8.61. The van der Waals surface area contributed by atoms with E-state index in [9.17, 15) is 9.59 Å². The molecule has 0 bridgehead atoms. The monoisotopic (exact) mass is 264 g/mol. The number of halogens is 1. The van der Waals surface area contributed by atoms with Gasteiger partial charge in [-0.15, -0.1) is 11.6 Å². The van der Waals surface area contributed by atoms with Gasteiger partial charge in [-0.2, -0.15) is 0 Å². The number of carbonyl (C=O) groups is 2. The van der Waals surface area contributed by atoms with Crippen LogP contribution >= 0.6 is 11.6 Å². The Labute approximate surface area is 111 Å². The van der Waals surface area contributed by atoms with E-state index in [2.05, 4.69) is 17.2 Å². The van der Waals surface area contributed by atoms with Crippen molar-refractivity contribution in [3.63, 3.8) is 0 Å². The summed E-state index contributed by atoms with van der Waals surface area (Å²) in [6, 6.07) is 6.98. The lowest BCUT2D eigenvalue weighted by atomic mass is 10.2. The molecule has 94 valence electrons. The van der Waals surface area contributed by atoms with Crippen molar-refractivity contribution in [3.05, 3.63) is 29.8 Å². The number of benzene rings is 1. The number of alkyl halides is 1. The van der Waals surface area contributed by atoms with E-state index < -0.39 is 5.91 Å². The largest absolute Gasteiger partial charge is 0.369 e. The number of hydrogen-bond donors (Lipinski definition) is 2. The molecule has 0 aromatic heterocycles. The van der Waals surface area contributed by atoms with E-state index in [1.807, 2.05) is 0 Å². The second-order valence-corrected chi connectivity index (χ2v) is 3.89. The van der Waals surface area contributed by atoms with Gasteiger partial charge in [0.05, 0.1) is 6.42 Å². The van der Waals surface area contributed by atoms with Crippen LogP contribution in [0.2, 0.25) is 0 Å². The van der Waals surface area contributed by atoms with E-state index in [-0.39, 0.29) is 18.7 Å². The molecule has 0 atom stereocenters. The predicted molar refractivity (Wildman–Crippen MR) is 71.1 cm³/mol. The summed E-state index contributed by atoms with van der Waals surface area (Å²) in [5, 5.41) is 2.70. The summed E-state index contributed by atoms with van der Waals surface area (Å²) >= 11 is 5.45. The number of carbonyl (C=O) groups excluding carboxylic acids is 2. The minimum absolute atomic E-state index is 0.0359. The average Bonchev–Trinajstić information content (AvgIpc) is 2.31. The fourth-order valence-electron chi connectivity index (χ4n) is 1.18. The number of primary amides is 1. The van der Waals surface area contributed by atoms with Crippen LogP contribution in [0.3, 0.4) is 0 Å². The van der Waals surface area contributed by atoms with Crippen LogP contribution in [-0.2, 0) is 9.59 Å². The van der Waals surface area contributed by atoms with Crippen molar-refractivity contribution in [3.8, 4) is 11.8 Å². The second-order valence-electron chi connectivity index (χ2n) is 3.51. The Balaban J connectivity index is 2.59. The van der Waals surface area contributed by atoms with Gasteiger partial charge in [-0.3, -0.25) is 9.59 Å². The first-order valence-electron chi connectivity index (χ1n) is 5.35. The Morgan fingerprint density at radius 1 is 1.28 bits per heavy atom. The fourth-order valence-corrected chi connectivity index (χ4v) is 1.35. The van der Waals surface area contributed by atoms with E-state index in [1.54, 1.807) is 24.3 Å². The lowest BCUT2D eigenvalue weighted by molar-refractivity contribution is -0.117. The summed E-state index contributed by atoms with van der Waals surface area (Å²) < 4.78 is 0. The van der Waals surface area contributed by atoms with E-state index in [4.69, 9.17) is 17.3 Å². The highest BCUT2D eigenvalue weighted by Crippen LogP contribution is 2.09. The molecule has 0 spiro atoms. The molecule has 2 amide bonds. The first kappa shape index (κ1) is 14.1. The van der Waals surface area contributed by atoms with E-state index in [1.165, 1.54) is 0 Å². The third-order valence-corrected chi connectivity index (χ3v) is 2.17. The molecule has 0 aliphatic carbocycles. The van der Waals surface area contributed by atoms with Crippen molar-refractivity contribution >= 4 is 29.1 Å². The highest BCUT2D eigenvalue weighted by molar-refractivity contribution is 6.19. The summed E-state index contributed by atoms with van der Waals surface area (Å²) in [6.07, 6.45) is 0.315. The molecule has 0 aliphatic heterocycles. The Bertz CT molecular complexity index is 486. The molecular formula is C13H13ClN2O2. The lowest BCUT2D eigenvalue weighted by Crippen LogP contribution is -2.11. The first-order valence-corrected chi connectivity index (χ1v) is 5.88. The van der Waals surface area contributed by atoms with Gasteiger partial charge in [0.25, 0.3) is 0 Å². The van der Waals surface area contributed by atoms with Crippen LogP contribution in [0.5, 0.6) is 0 Å². The lowest BCUT2D eigenvalue weighted by Gasteiger charge is -2.03. The van der Waals surface area contributed by atoms with Crippen LogP contribution in [-0.4, -0.2) is 17.7 Å². The van der Waals surface area contributed by atoms with E-state index >= 15 is 0 Å². The normalized spacial score (nSPS) is 9.17. The van der Waals surface area contributed by atoms with Crippen molar-refractivity contribution in [2.45, 2.75) is 12.8 Å². The molecule has 0 radical (unpaired) electrons. The minimum Gasteiger partial charge on any atom is -0.369 e. The highest BCUT2D eigenvalue weighted by atomic mass is 35.5. The van der Waals surface area contributed by atoms with Gasteiger partial charge in [-0.05, 0) is 24.3 Å². The highest BCUT2D eigenvalue weighted by Gasteiger charge is 2.00. The number of amides is 2. The predicted octanol–water partition coefficient (Wildman–Crippen LogP) is 1.48. The van der Waals surface area contributed by atoms with Gasteiger partial charge >= 0.3 is 0 Å². The molecule has 0 saturated carbocycles. The standard InChI is InChI=1S/C13H13ClN2O2/c14-9-8-13(18)16-11-6-4-10(5-7-11)2-1-3-12(15)17/h4-7H,3,8-9H2,(H2,15,17)(H,16,18). The van der Waals surface area contributed by atoms with Crippen molar-refractivity contribution in [1.82, 2.24) is 0 Å². The summed E-state index contributed by atoms with van der Waals surface area (Å²) in [5.74, 6) is 5.16. The smallest absolute Gasteiger partial charge is 0.229 e. The third kappa shape index (κ3) is 5.37. The Hall–Kier alpha value is -1.99.